The molecule has 0 aromatic rings. The zero-order valence-electron chi connectivity index (χ0n) is 21.7. The Morgan fingerprint density at radius 2 is 1.82 bits per heavy atom. The lowest BCUT2D eigenvalue weighted by Crippen LogP contribution is -2.52. The molecule has 5 rings (SSSR count). The number of rotatable bonds is 10. The van der Waals surface area contributed by atoms with Crippen molar-refractivity contribution in [2.45, 2.75) is 83.7 Å². The molecule has 0 radical (unpaired) electrons. The first-order valence-corrected chi connectivity index (χ1v) is 12.5. The second-order valence-corrected chi connectivity index (χ2v) is 11.3. The third kappa shape index (κ3) is 5.87. The van der Waals surface area contributed by atoms with Crippen molar-refractivity contribution in [2.75, 3.05) is 13.1 Å². The van der Waals surface area contributed by atoms with E-state index in [9.17, 15) is 19.2 Å². The molecule has 0 unspecified atom stereocenters. The van der Waals surface area contributed by atoms with E-state index in [1.165, 1.54) is 0 Å². The van der Waals surface area contributed by atoms with Crippen molar-refractivity contribution in [3.05, 3.63) is 0 Å². The van der Waals surface area contributed by atoms with Crippen molar-refractivity contribution < 1.29 is 26.7 Å². The highest BCUT2D eigenvalue weighted by atomic mass is 16.5. The van der Waals surface area contributed by atoms with Crippen LogP contribution in [0.25, 0.3) is 0 Å². The molecule has 4 saturated carbocycles. The van der Waals surface area contributed by atoms with E-state index in [1.54, 1.807) is 0 Å². The number of carbonyl (C=O) groups excluding carboxylic acids is 4. The van der Waals surface area contributed by atoms with Crippen molar-refractivity contribution in [1.29, 1.82) is 0 Å². The molecule has 184 valence electrons. The maximum absolute atomic E-state index is 13.0. The predicted molar refractivity (Wildman–Crippen MR) is 122 cm³/mol. The van der Waals surface area contributed by atoms with Crippen LogP contribution in [0.4, 0.5) is 4.79 Å². The molecule has 0 spiro atoms. The molecule has 5 fully saturated rings. The van der Waals surface area contributed by atoms with Crippen molar-refractivity contribution >= 4 is 24.2 Å². The zero-order chi connectivity index (χ0) is 25.4. The molecule has 4 bridgehead atoms. The Kier molecular flexibility index (Phi) is 6.50. The van der Waals surface area contributed by atoms with Gasteiger partial charge < -0.3 is 25.5 Å². The van der Waals surface area contributed by atoms with E-state index in [4.69, 9.17) is 7.48 Å². The summed E-state index contributed by atoms with van der Waals surface area (Å²) in [6.45, 7) is 2.25. The van der Waals surface area contributed by atoms with E-state index < -0.39 is 36.1 Å². The largest absolute Gasteiger partial charge is 0.449 e. The average molecular weight is 464 g/mol. The van der Waals surface area contributed by atoms with E-state index >= 15 is 0 Å². The van der Waals surface area contributed by atoms with Crippen molar-refractivity contribution in [3.63, 3.8) is 0 Å². The number of aldehydes is 1. The third-order valence-corrected chi connectivity index (χ3v) is 7.91. The highest BCUT2D eigenvalue weighted by molar-refractivity contribution is 5.88. The summed E-state index contributed by atoms with van der Waals surface area (Å²) in [5.41, 5.74) is -0.653. The van der Waals surface area contributed by atoms with E-state index in [0.717, 1.165) is 38.5 Å². The Hall–Kier alpha value is -2.12. The average Bonchev–Trinajstić information content (AvgIpc) is 3.15. The molecule has 3 atom stereocenters. The summed E-state index contributed by atoms with van der Waals surface area (Å²) in [7, 11) is 0. The lowest BCUT2D eigenvalue weighted by Gasteiger charge is -2.56. The summed E-state index contributed by atoms with van der Waals surface area (Å²) in [4.78, 5) is 49.3. The fourth-order valence-corrected chi connectivity index (χ4v) is 6.87. The van der Waals surface area contributed by atoms with Gasteiger partial charge in [-0.05, 0) is 81.5 Å². The van der Waals surface area contributed by atoms with Crippen molar-refractivity contribution in [2.24, 2.45) is 35.0 Å². The second kappa shape index (κ2) is 10.0. The summed E-state index contributed by atoms with van der Waals surface area (Å²) in [5.74, 6) is 0.569. The van der Waals surface area contributed by atoms with Gasteiger partial charge in [-0.2, -0.15) is 0 Å². The van der Waals surface area contributed by atoms with Gasteiger partial charge in [0.05, 0.1) is 15.3 Å². The Balaban J connectivity index is 1.37. The molecule has 1 aliphatic heterocycles. The van der Waals surface area contributed by atoms with Gasteiger partial charge in [-0.1, -0.05) is 13.8 Å². The van der Waals surface area contributed by atoms with Crippen LogP contribution in [-0.2, 0) is 19.1 Å². The minimum Gasteiger partial charge on any atom is -0.449 e. The van der Waals surface area contributed by atoms with Gasteiger partial charge in [0.2, 0.25) is 11.8 Å². The SMILES string of the molecule is [2H]C([2H])(OC(=O)N[C@@H](CC(C)C)C(=O)N[C@H](C=O)C[C@@H]1CCNC1=O)C12CC3CC(CC(C3)C1)C2. The number of carbonyl (C=O) groups is 4. The van der Waals surface area contributed by atoms with E-state index in [0.29, 0.717) is 43.4 Å². The van der Waals surface area contributed by atoms with Crippen LogP contribution in [0.1, 0.15) is 74.4 Å². The third-order valence-electron chi connectivity index (χ3n) is 7.91. The fraction of sp³-hybridized carbons (Fsp3) is 0.840. The first-order chi connectivity index (χ1) is 16.5. The summed E-state index contributed by atoms with van der Waals surface area (Å²) in [6, 6.07) is -1.82. The number of amides is 3. The standard InChI is InChI=1S/C25H39N3O5/c1-15(2)5-21(23(31)27-20(13-29)9-19-3-4-26-22(19)30)28-24(32)33-14-25-10-16-6-17(11-25)8-18(7-16)12-25/h13,15-21H,3-12,14H2,1-2H3,(H,26,30)(H,27,31)(H,28,32)/t16?,17?,18?,19-,20-,21-,25?/m0/s1/i14D2. The summed E-state index contributed by atoms with van der Waals surface area (Å²) >= 11 is 0. The minimum absolute atomic E-state index is 0.0567. The number of nitrogens with one attached hydrogen (secondary N) is 3. The fourth-order valence-electron chi connectivity index (χ4n) is 6.87. The molecule has 1 heterocycles. The Morgan fingerprint density at radius 3 is 2.33 bits per heavy atom. The number of hydrogen-bond acceptors (Lipinski definition) is 5. The maximum Gasteiger partial charge on any atom is 0.407 e. The molecule has 8 heteroatoms. The maximum atomic E-state index is 13.0. The van der Waals surface area contributed by atoms with Gasteiger partial charge in [-0.3, -0.25) is 9.59 Å². The predicted octanol–water partition coefficient (Wildman–Crippen LogP) is 2.55. The van der Waals surface area contributed by atoms with Crippen LogP contribution in [0.15, 0.2) is 0 Å². The molecule has 0 aromatic heterocycles. The molecule has 33 heavy (non-hydrogen) atoms. The van der Waals surface area contributed by atoms with E-state index in [2.05, 4.69) is 16.0 Å². The number of hydrogen-bond donors (Lipinski definition) is 3. The monoisotopic (exact) mass is 463 g/mol. The summed E-state index contributed by atoms with van der Waals surface area (Å²) < 4.78 is 22.8. The Morgan fingerprint density at radius 1 is 1.18 bits per heavy atom. The van der Waals surface area contributed by atoms with Gasteiger partial charge >= 0.3 is 6.09 Å². The molecule has 3 N–H and O–H groups in total. The second-order valence-electron chi connectivity index (χ2n) is 11.3. The van der Waals surface area contributed by atoms with E-state index in [-0.39, 0.29) is 24.2 Å². The van der Waals surface area contributed by atoms with Crippen LogP contribution < -0.4 is 16.0 Å². The molecule has 8 nitrogen and oxygen atoms in total. The highest BCUT2D eigenvalue weighted by Gasteiger charge is 2.51. The normalized spacial score (nSPS) is 35.3. The van der Waals surface area contributed by atoms with Gasteiger partial charge in [0, 0.05) is 17.9 Å². The van der Waals surface area contributed by atoms with Gasteiger partial charge in [0.25, 0.3) is 0 Å². The minimum atomic E-state index is -2.12. The van der Waals surface area contributed by atoms with Crippen LogP contribution >= 0.6 is 0 Å². The first kappa shape index (κ1) is 21.4. The molecular formula is C25H39N3O5. The Labute approximate surface area is 199 Å². The van der Waals surface area contributed by atoms with Crippen LogP contribution in [-0.4, -0.2) is 49.4 Å². The lowest BCUT2D eigenvalue weighted by atomic mass is 9.50. The number of alkyl carbamates (subject to hydrolysis) is 1. The number of ether oxygens (including phenoxy) is 1. The van der Waals surface area contributed by atoms with Crippen LogP contribution in [0.3, 0.4) is 0 Å². The molecule has 3 amide bonds. The van der Waals surface area contributed by atoms with Gasteiger partial charge in [-0.15, -0.1) is 0 Å². The van der Waals surface area contributed by atoms with E-state index in [1.807, 2.05) is 13.8 Å². The van der Waals surface area contributed by atoms with Gasteiger partial charge in [0.15, 0.2) is 0 Å². The first-order valence-electron chi connectivity index (χ1n) is 13.5. The van der Waals surface area contributed by atoms with Crippen LogP contribution in [0, 0.1) is 35.0 Å². The van der Waals surface area contributed by atoms with Crippen molar-refractivity contribution in [1.82, 2.24) is 16.0 Å². The smallest absolute Gasteiger partial charge is 0.407 e. The molecule has 1 saturated heterocycles. The van der Waals surface area contributed by atoms with Gasteiger partial charge in [0.1, 0.15) is 12.3 Å². The molecular weight excluding hydrogens is 422 g/mol. The zero-order valence-corrected chi connectivity index (χ0v) is 19.7. The Bertz CT molecular complexity index is 814. The van der Waals surface area contributed by atoms with Crippen molar-refractivity contribution in [3.8, 4) is 0 Å². The quantitative estimate of drug-likeness (QED) is 0.431. The topological polar surface area (TPSA) is 114 Å². The molecule has 4 aliphatic carbocycles. The molecule has 5 aliphatic rings. The molecule has 0 aromatic carbocycles. The van der Waals surface area contributed by atoms with Crippen LogP contribution in [0.2, 0.25) is 0 Å². The lowest BCUT2D eigenvalue weighted by molar-refractivity contribution is -0.127. The van der Waals surface area contributed by atoms with Crippen LogP contribution in [0.5, 0.6) is 0 Å². The summed E-state index contributed by atoms with van der Waals surface area (Å²) in [5, 5.41) is 7.92. The highest BCUT2D eigenvalue weighted by Crippen LogP contribution is 2.60. The summed E-state index contributed by atoms with van der Waals surface area (Å²) in [6.07, 6.45) is 6.45. The van der Waals surface area contributed by atoms with Gasteiger partial charge in [-0.25, -0.2) is 4.79 Å².